The Morgan fingerprint density at radius 3 is 2.49 bits per heavy atom. The number of ether oxygens (including phenoxy) is 3. The van der Waals surface area contributed by atoms with Crippen molar-refractivity contribution in [3.8, 4) is 5.75 Å². The van der Waals surface area contributed by atoms with Crippen LogP contribution in [0.2, 0.25) is 5.02 Å². The lowest BCUT2D eigenvalue weighted by molar-refractivity contribution is -0.267. The van der Waals surface area contributed by atoms with Crippen molar-refractivity contribution >= 4 is 33.2 Å². The van der Waals surface area contributed by atoms with Crippen LogP contribution in [0.25, 0.3) is 0 Å². The highest BCUT2D eigenvalue weighted by Crippen LogP contribution is 2.49. The van der Waals surface area contributed by atoms with E-state index >= 15 is 0 Å². The number of likely N-dealkylation sites (N-methyl/N-ethyl adjacent to an activating group) is 1. The third-order valence-corrected chi connectivity index (χ3v) is 15.3. The predicted molar refractivity (Wildman–Crippen MR) is 198 cm³/mol. The number of nitrogens with zero attached hydrogens (tertiary/aromatic N) is 2. The van der Waals surface area contributed by atoms with E-state index < -0.39 is 33.0 Å². The highest BCUT2D eigenvalue weighted by Gasteiger charge is 2.48. The van der Waals surface area contributed by atoms with Crippen molar-refractivity contribution in [1.82, 2.24) is 9.62 Å². The molecule has 1 saturated heterocycles. The standard InChI is InChI=1S/C39H54ClN3O7S/c1-25-7-5-9-32(37-49-23-39(21-44,24-50-37)42(3)4)31-13-10-29(31)19-43-20-38(16-6-8-27-17-30(40)12-14-33(27)38)22-48-35-15-11-28(18-34(35)43)36(45)41-51(46,47)26(25)2/h11-12,14-15,17-18,25-26,29,31-32,37,44H,5-10,13,16,19-24H2,1-4H3,(H,41,45)/t25-,26+,29-,31+,32-,37-,38-,39+/m0/s1. The van der Waals surface area contributed by atoms with Crippen LogP contribution in [0.3, 0.4) is 0 Å². The molecule has 0 radical (unpaired) electrons. The van der Waals surface area contributed by atoms with Gasteiger partial charge in [-0.2, -0.15) is 0 Å². The van der Waals surface area contributed by atoms with E-state index in [1.54, 1.807) is 13.0 Å². The lowest BCUT2D eigenvalue weighted by Gasteiger charge is -2.50. The van der Waals surface area contributed by atoms with Gasteiger partial charge in [-0.15, -0.1) is 0 Å². The third kappa shape index (κ3) is 7.03. The van der Waals surface area contributed by atoms with E-state index in [1.807, 2.05) is 44.1 Å². The number of aliphatic hydroxyl groups excluding tert-OH is 1. The molecule has 12 heteroatoms. The Kier molecular flexibility index (Phi) is 10.5. The number of sulfonamides is 1. The zero-order chi connectivity index (χ0) is 36.1. The molecule has 7 rings (SSSR count). The van der Waals surface area contributed by atoms with Crippen LogP contribution in [-0.4, -0.2) is 95.0 Å². The topological polar surface area (TPSA) is 118 Å². The molecule has 2 aromatic rings. The van der Waals surface area contributed by atoms with Crippen molar-refractivity contribution in [2.24, 2.45) is 23.7 Å². The fourth-order valence-corrected chi connectivity index (χ4v) is 10.8. The highest BCUT2D eigenvalue weighted by molar-refractivity contribution is 7.90. The number of fused-ring (bicyclic) bond motifs is 4. The molecular weight excluding hydrogens is 690 g/mol. The number of carbonyl (C=O) groups is 1. The summed E-state index contributed by atoms with van der Waals surface area (Å²) in [7, 11) is -0.0537. The molecule has 2 fully saturated rings. The number of nitrogens with one attached hydrogen (secondary N) is 1. The van der Waals surface area contributed by atoms with Gasteiger partial charge in [0.15, 0.2) is 6.29 Å². The molecule has 2 aromatic carbocycles. The van der Waals surface area contributed by atoms with E-state index in [2.05, 4.69) is 21.8 Å². The summed E-state index contributed by atoms with van der Waals surface area (Å²) in [6.07, 6.45) is 7.04. The van der Waals surface area contributed by atoms with Crippen LogP contribution in [0.5, 0.6) is 5.75 Å². The Bertz CT molecular complexity index is 1710. The molecule has 0 unspecified atom stereocenters. The van der Waals surface area contributed by atoms with Crippen molar-refractivity contribution in [2.75, 3.05) is 58.5 Å². The number of benzene rings is 2. The van der Waals surface area contributed by atoms with E-state index in [1.165, 1.54) is 11.1 Å². The van der Waals surface area contributed by atoms with Crippen molar-refractivity contribution < 1.29 is 32.5 Å². The van der Waals surface area contributed by atoms with Gasteiger partial charge in [-0.1, -0.05) is 31.0 Å². The van der Waals surface area contributed by atoms with Gasteiger partial charge in [0.2, 0.25) is 10.0 Å². The number of aliphatic hydroxyl groups is 1. The first kappa shape index (κ1) is 36.9. The molecule has 1 spiro atoms. The summed E-state index contributed by atoms with van der Waals surface area (Å²) < 4.78 is 49.1. The number of anilines is 1. The second-order valence-electron chi connectivity index (χ2n) is 16.3. The molecule has 2 N–H and O–H groups in total. The number of hydrogen-bond acceptors (Lipinski definition) is 9. The minimum absolute atomic E-state index is 0.0562. The van der Waals surface area contributed by atoms with E-state index in [0.717, 1.165) is 62.2 Å². The number of aryl methyl sites for hydroxylation is 1. The molecule has 280 valence electrons. The summed E-state index contributed by atoms with van der Waals surface area (Å²) in [6, 6.07) is 11.5. The molecule has 3 heterocycles. The van der Waals surface area contributed by atoms with Crippen LogP contribution in [0.1, 0.15) is 80.3 Å². The maximum absolute atomic E-state index is 13.6. The molecule has 2 bridgehead atoms. The number of carbonyl (C=O) groups excluding carboxylic acids is 1. The number of rotatable bonds is 3. The van der Waals surface area contributed by atoms with Crippen molar-refractivity contribution in [1.29, 1.82) is 0 Å². The Hall–Kier alpha value is -2.41. The molecule has 1 saturated carbocycles. The van der Waals surface area contributed by atoms with E-state index in [-0.39, 0.29) is 23.9 Å². The summed E-state index contributed by atoms with van der Waals surface area (Å²) in [6.45, 7) is 6.32. The average molecular weight is 744 g/mol. The molecule has 10 nitrogen and oxygen atoms in total. The van der Waals surface area contributed by atoms with Gasteiger partial charge in [0.1, 0.15) is 5.75 Å². The minimum atomic E-state index is -3.94. The van der Waals surface area contributed by atoms with E-state index in [4.69, 9.17) is 25.8 Å². The largest absolute Gasteiger partial charge is 0.490 e. The SMILES string of the molecule is C[C@@H]1[C@@H](C)CCC[C@H]([C@H]2OC[C@@](CO)(N(C)C)CO2)[C@@H]2CC[C@H]2CN2C[C@@]3(CCCc4cc(Cl)ccc43)COc3ccc(cc32)C(=O)NS1(=O)=O. The van der Waals surface area contributed by atoms with Crippen LogP contribution < -0.4 is 14.4 Å². The number of hydrogen-bond donors (Lipinski definition) is 2. The molecule has 6 atom stereocenters. The zero-order valence-electron chi connectivity index (χ0n) is 30.4. The fraction of sp³-hybridized carbons (Fsp3) is 0.667. The van der Waals surface area contributed by atoms with Gasteiger partial charge in [-0.3, -0.25) is 9.69 Å². The fourth-order valence-electron chi connectivity index (χ4n) is 9.28. The monoisotopic (exact) mass is 743 g/mol. The number of halogens is 1. The second kappa shape index (κ2) is 14.4. The molecular formula is C39H54ClN3O7S. The minimum Gasteiger partial charge on any atom is -0.490 e. The Labute approximate surface area is 308 Å². The van der Waals surface area contributed by atoms with Crippen LogP contribution in [0, 0.1) is 23.7 Å². The molecule has 0 aromatic heterocycles. The Morgan fingerprint density at radius 1 is 1.00 bits per heavy atom. The Morgan fingerprint density at radius 2 is 1.78 bits per heavy atom. The summed E-state index contributed by atoms with van der Waals surface area (Å²) in [5.41, 5.74) is 2.78. The lowest BCUT2D eigenvalue weighted by Crippen LogP contribution is -2.60. The smallest absolute Gasteiger partial charge is 0.264 e. The highest BCUT2D eigenvalue weighted by atomic mass is 35.5. The number of amides is 1. The van der Waals surface area contributed by atoms with Crippen LogP contribution in [-0.2, 0) is 31.3 Å². The van der Waals surface area contributed by atoms with Crippen LogP contribution in [0.4, 0.5) is 5.69 Å². The molecule has 2 aliphatic carbocycles. The van der Waals surface area contributed by atoms with Gasteiger partial charge in [-0.05, 0) is 125 Å². The van der Waals surface area contributed by atoms with Gasteiger partial charge in [0.05, 0.1) is 42.9 Å². The quantitative estimate of drug-likeness (QED) is 0.427. The van der Waals surface area contributed by atoms with Gasteiger partial charge in [0, 0.05) is 35.0 Å². The zero-order valence-corrected chi connectivity index (χ0v) is 32.0. The summed E-state index contributed by atoms with van der Waals surface area (Å²) in [5.74, 6) is 0.739. The molecule has 3 aliphatic heterocycles. The van der Waals surface area contributed by atoms with Gasteiger partial charge >= 0.3 is 0 Å². The third-order valence-electron chi connectivity index (χ3n) is 13.1. The van der Waals surface area contributed by atoms with Gasteiger partial charge in [0.25, 0.3) is 5.91 Å². The summed E-state index contributed by atoms with van der Waals surface area (Å²) >= 11 is 6.47. The van der Waals surface area contributed by atoms with Gasteiger partial charge < -0.3 is 24.2 Å². The van der Waals surface area contributed by atoms with Gasteiger partial charge in [-0.25, -0.2) is 13.1 Å². The maximum atomic E-state index is 13.6. The van der Waals surface area contributed by atoms with Crippen molar-refractivity contribution in [2.45, 2.75) is 87.7 Å². The predicted octanol–water partition coefficient (Wildman–Crippen LogP) is 5.39. The normalized spacial score (nSPS) is 35.5. The van der Waals surface area contributed by atoms with E-state index in [9.17, 15) is 18.3 Å². The Balaban J connectivity index is 1.26. The molecule has 5 aliphatic rings. The first-order valence-electron chi connectivity index (χ1n) is 18.7. The summed E-state index contributed by atoms with van der Waals surface area (Å²) in [4.78, 5) is 18.0. The lowest BCUT2D eigenvalue weighted by atomic mass is 9.64. The van der Waals surface area contributed by atoms with Crippen LogP contribution in [0.15, 0.2) is 36.4 Å². The second-order valence-corrected chi connectivity index (χ2v) is 18.8. The first-order chi connectivity index (χ1) is 24.3. The van der Waals surface area contributed by atoms with Crippen LogP contribution >= 0.6 is 11.6 Å². The average Bonchev–Trinajstić information content (AvgIpc) is 3.25. The molecule has 1 amide bonds. The van der Waals surface area contributed by atoms with Crippen molar-refractivity contribution in [3.05, 3.63) is 58.1 Å². The van der Waals surface area contributed by atoms with E-state index in [0.29, 0.717) is 55.9 Å². The molecule has 51 heavy (non-hydrogen) atoms. The maximum Gasteiger partial charge on any atom is 0.264 e. The van der Waals surface area contributed by atoms with Crippen molar-refractivity contribution in [3.63, 3.8) is 0 Å². The first-order valence-corrected chi connectivity index (χ1v) is 20.7. The summed E-state index contributed by atoms with van der Waals surface area (Å²) in [5, 5.41) is 10.3.